The van der Waals surface area contributed by atoms with Gasteiger partial charge in [0.2, 0.25) is 0 Å². The van der Waals surface area contributed by atoms with E-state index in [1.165, 1.54) is 13.2 Å². The monoisotopic (exact) mass is 563 g/mol. The lowest BCUT2D eigenvalue weighted by atomic mass is 9.50. The van der Waals surface area contributed by atoms with Crippen molar-refractivity contribution < 1.29 is 44.2 Å². The number of methoxy groups -OCH3 is 2. The maximum Gasteiger partial charge on any atom is 0.352 e. The Bertz CT molecular complexity index is 1040. The predicted octanol–water partition coefficient (Wildman–Crippen LogP) is 2.81. The highest BCUT2D eigenvalue weighted by atomic mass is 16.6. The van der Waals surface area contributed by atoms with E-state index >= 15 is 0 Å². The molecule has 10 heteroatoms. The molecule has 224 valence electrons. The van der Waals surface area contributed by atoms with Gasteiger partial charge in [-0.05, 0) is 37.8 Å². The van der Waals surface area contributed by atoms with E-state index in [-0.39, 0.29) is 54.3 Å². The van der Waals surface area contributed by atoms with E-state index in [0.29, 0.717) is 19.4 Å². The number of carboxylic acids is 1. The fourth-order valence-corrected chi connectivity index (χ4v) is 6.83. The number of H-pyrrole nitrogens is 1. The summed E-state index contributed by atoms with van der Waals surface area (Å²) < 4.78 is 16.1. The number of ether oxygens (including phenoxy) is 3. The first kappa shape index (κ1) is 32.0. The van der Waals surface area contributed by atoms with Crippen molar-refractivity contribution in [1.82, 2.24) is 4.98 Å². The Morgan fingerprint density at radius 3 is 2.55 bits per heavy atom. The number of aromatic nitrogens is 1. The van der Waals surface area contributed by atoms with Crippen LogP contribution in [0.25, 0.3) is 0 Å². The van der Waals surface area contributed by atoms with E-state index in [2.05, 4.69) is 31.0 Å². The normalized spacial score (nSPS) is 37.9. The Morgan fingerprint density at radius 1 is 1.25 bits per heavy atom. The third-order valence-electron chi connectivity index (χ3n) is 9.02. The molecule has 2 aliphatic carbocycles. The number of aromatic amines is 1. The van der Waals surface area contributed by atoms with Crippen molar-refractivity contribution in [2.75, 3.05) is 27.4 Å². The first-order chi connectivity index (χ1) is 18.9. The van der Waals surface area contributed by atoms with E-state index in [1.54, 1.807) is 19.4 Å². The van der Waals surface area contributed by atoms with Gasteiger partial charge in [-0.1, -0.05) is 37.6 Å². The third kappa shape index (κ3) is 6.86. The van der Waals surface area contributed by atoms with E-state index in [9.17, 15) is 24.9 Å². The van der Waals surface area contributed by atoms with Crippen molar-refractivity contribution in [3.05, 3.63) is 47.8 Å². The molecule has 0 aromatic carbocycles. The summed E-state index contributed by atoms with van der Waals surface area (Å²) in [6.45, 7) is 6.60. The van der Waals surface area contributed by atoms with Crippen molar-refractivity contribution in [1.29, 1.82) is 0 Å². The number of hydrogen-bond donors (Lipinski definition) is 5. The van der Waals surface area contributed by atoms with Gasteiger partial charge in [0, 0.05) is 55.9 Å². The molecule has 4 rings (SSSR count). The molecule has 2 heterocycles. The lowest BCUT2D eigenvalue weighted by molar-refractivity contribution is -0.161. The van der Waals surface area contributed by atoms with Crippen LogP contribution in [0.15, 0.2) is 42.1 Å². The average molecular weight is 564 g/mol. The van der Waals surface area contributed by atoms with Crippen LogP contribution in [0, 0.1) is 35.0 Å². The van der Waals surface area contributed by atoms with Gasteiger partial charge in [0.1, 0.15) is 17.9 Å². The van der Waals surface area contributed by atoms with Crippen LogP contribution in [0.2, 0.25) is 0 Å². The maximum absolute atomic E-state index is 12.6. The highest BCUT2D eigenvalue weighted by Gasteiger charge is 2.56. The minimum Gasteiger partial charge on any atom is -0.477 e. The Morgan fingerprint density at radius 2 is 1.98 bits per heavy atom. The van der Waals surface area contributed by atoms with E-state index in [1.807, 2.05) is 13.0 Å². The molecule has 10 atom stereocenters. The zero-order valence-electron chi connectivity index (χ0n) is 24.0. The fraction of sp³-hybridized carbons (Fsp3) is 0.667. The number of carbonyl (C=O) groups is 2. The molecule has 0 bridgehead atoms. The van der Waals surface area contributed by atoms with E-state index in [4.69, 9.17) is 19.3 Å². The second-order valence-corrected chi connectivity index (χ2v) is 11.5. The number of rotatable bonds is 6. The largest absolute Gasteiger partial charge is 0.477 e. The number of esters is 1. The van der Waals surface area contributed by atoms with Crippen molar-refractivity contribution in [2.24, 2.45) is 35.0 Å². The number of aliphatic hydroxyl groups excluding tert-OH is 3. The van der Waals surface area contributed by atoms with Gasteiger partial charge in [-0.2, -0.15) is 0 Å². The fourth-order valence-electron chi connectivity index (χ4n) is 6.83. The van der Waals surface area contributed by atoms with Crippen molar-refractivity contribution in [3.8, 4) is 0 Å². The topological polar surface area (TPSA) is 159 Å². The van der Waals surface area contributed by atoms with Gasteiger partial charge in [-0.15, -0.1) is 0 Å². The Balaban J connectivity index is 0.000000472. The number of carboxylic acid groups (broad SMARTS) is 1. The standard InChI is InChI=1S/C25H40O7.C5H5NO2/c1-14-10-15(2)25(3)17(7-9-21(28)32-24(14)20(27)13-31-5)6-8-18-19(26)11-16(12-30-4)23(29)22(18)25;7-5(8)4-2-1-3-6-4/h6,8,10,14,16-20,22-24,26-27,29H,7,9,11-13H2,1-5H3;1-3,6H,(H,7,8)/b15-10+;/t14-,16-,17?,18+,19+,20?,22?,23?,24?,25?;/m1./s1. The van der Waals surface area contributed by atoms with Crippen LogP contribution in [0.4, 0.5) is 0 Å². The smallest absolute Gasteiger partial charge is 0.352 e. The summed E-state index contributed by atoms with van der Waals surface area (Å²) in [7, 11) is 3.12. The van der Waals surface area contributed by atoms with Gasteiger partial charge in [-0.25, -0.2) is 4.79 Å². The van der Waals surface area contributed by atoms with Gasteiger partial charge < -0.3 is 39.6 Å². The van der Waals surface area contributed by atoms with Crippen LogP contribution < -0.4 is 0 Å². The summed E-state index contributed by atoms with van der Waals surface area (Å²) in [5.74, 6) is -2.01. The molecule has 1 aliphatic heterocycles. The molecule has 10 nitrogen and oxygen atoms in total. The van der Waals surface area contributed by atoms with Gasteiger partial charge in [0.25, 0.3) is 0 Å². The number of fused-ring (bicyclic) bond motifs is 3. The summed E-state index contributed by atoms with van der Waals surface area (Å²) >= 11 is 0. The lowest BCUT2D eigenvalue weighted by Gasteiger charge is -2.56. The number of nitrogens with one attached hydrogen (secondary N) is 1. The minimum atomic E-state index is -0.932. The molecular formula is C30H45NO9. The first-order valence-corrected chi connectivity index (χ1v) is 13.9. The second kappa shape index (κ2) is 13.9. The third-order valence-corrected chi connectivity index (χ3v) is 9.02. The van der Waals surface area contributed by atoms with Crippen LogP contribution in [0.3, 0.4) is 0 Å². The Kier molecular flexibility index (Phi) is 11.1. The van der Waals surface area contributed by atoms with E-state index in [0.717, 1.165) is 5.57 Å². The highest BCUT2D eigenvalue weighted by molar-refractivity contribution is 5.85. The number of allylic oxidation sites excluding steroid dienone is 2. The molecule has 6 unspecified atom stereocenters. The van der Waals surface area contributed by atoms with Crippen LogP contribution in [-0.4, -0.2) is 89.2 Å². The van der Waals surface area contributed by atoms with Crippen molar-refractivity contribution in [2.45, 2.75) is 64.4 Å². The molecule has 1 aromatic heterocycles. The number of hydrogen-bond acceptors (Lipinski definition) is 8. The number of cyclic esters (lactones) is 1. The van der Waals surface area contributed by atoms with Crippen LogP contribution in [0.5, 0.6) is 0 Å². The molecule has 0 saturated heterocycles. The van der Waals surface area contributed by atoms with Gasteiger partial charge >= 0.3 is 11.9 Å². The maximum atomic E-state index is 12.6. The average Bonchev–Trinajstić information content (AvgIpc) is 3.45. The number of aliphatic hydroxyl groups is 3. The van der Waals surface area contributed by atoms with Crippen molar-refractivity contribution in [3.63, 3.8) is 0 Å². The van der Waals surface area contributed by atoms with Crippen molar-refractivity contribution >= 4 is 11.9 Å². The van der Waals surface area contributed by atoms with Crippen LogP contribution in [-0.2, 0) is 19.0 Å². The number of carbonyl (C=O) groups excluding carboxylic acids is 1. The molecule has 1 fully saturated rings. The first-order valence-electron chi connectivity index (χ1n) is 13.9. The zero-order chi connectivity index (χ0) is 29.6. The molecule has 0 radical (unpaired) electrons. The molecule has 1 saturated carbocycles. The Hall–Kier alpha value is -2.50. The zero-order valence-corrected chi connectivity index (χ0v) is 24.0. The molecular weight excluding hydrogens is 518 g/mol. The predicted molar refractivity (Wildman–Crippen MR) is 147 cm³/mol. The summed E-state index contributed by atoms with van der Waals surface area (Å²) in [6.07, 6.45) is 6.23. The quantitative estimate of drug-likeness (QED) is 0.259. The molecule has 40 heavy (non-hydrogen) atoms. The highest BCUT2D eigenvalue weighted by Crippen LogP contribution is 2.57. The van der Waals surface area contributed by atoms with Gasteiger partial charge in [0.05, 0.1) is 25.4 Å². The van der Waals surface area contributed by atoms with Gasteiger partial charge in [0.15, 0.2) is 0 Å². The SMILES string of the molecule is COCC(O)C1OC(=O)CCC2C=C[C@@H]3C(C(O)[C@@H](COC)C[C@@H]3O)C2(C)/C(C)=C/[C@H]1C.O=C(O)c1ccc[nH]1. The van der Waals surface area contributed by atoms with E-state index < -0.39 is 35.8 Å². The summed E-state index contributed by atoms with van der Waals surface area (Å²) in [5, 5.41) is 41.2. The summed E-state index contributed by atoms with van der Waals surface area (Å²) in [4.78, 5) is 25.2. The summed E-state index contributed by atoms with van der Waals surface area (Å²) in [5.41, 5.74) is 0.839. The molecule has 0 amide bonds. The van der Waals surface area contributed by atoms with Crippen LogP contribution >= 0.6 is 0 Å². The minimum absolute atomic E-state index is 0.0170. The second-order valence-electron chi connectivity index (χ2n) is 11.5. The molecule has 0 spiro atoms. The molecule has 1 aromatic rings. The number of aromatic carboxylic acids is 1. The lowest BCUT2D eigenvalue weighted by Crippen LogP contribution is -2.57. The van der Waals surface area contributed by atoms with Crippen LogP contribution in [0.1, 0.15) is 50.5 Å². The Labute approximate surface area is 236 Å². The van der Waals surface area contributed by atoms with Gasteiger partial charge in [-0.3, -0.25) is 4.79 Å². The summed E-state index contributed by atoms with van der Waals surface area (Å²) in [6, 6.07) is 3.14. The molecule has 3 aliphatic rings. The molecule has 5 N–H and O–H groups in total.